The Morgan fingerprint density at radius 3 is 2.84 bits per heavy atom. The number of rotatable bonds is 4. The Kier molecular flexibility index (Phi) is 4.68. The molecule has 0 spiro atoms. The van der Waals surface area contributed by atoms with Crippen LogP contribution in [0.15, 0.2) is 18.2 Å². The molecule has 0 bridgehead atoms. The summed E-state index contributed by atoms with van der Waals surface area (Å²) in [6.45, 7) is 1.23. The van der Waals surface area contributed by atoms with E-state index in [0.29, 0.717) is 29.6 Å². The molecule has 2 N–H and O–H groups in total. The Hall–Kier alpha value is -0.810. The van der Waals surface area contributed by atoms with Crippen molar-refractivity contribution in [2.45, 2.75) is 25.1 Å². The molecule has 1 fully saturated rings. The summed E-state index contributed by atoms with van der Waals surface area (Å²) in [5, 5.41) is 1.19. The van der Waals surface area contributed by atoms with Gasteiger partial charge in [-0.05, 0) is 24.1 Å². The Balaban J connectivity index is 2.14. The van der Waals surface area contributed by atoms with Crippen LogP contribution >= 0.6 is 23.2 Å². The summed E-state index contributed by atoms with van der Waals surface area (Å²) in [5.41, 5.74) is 6.36. The van der Waals surface area contributed by atoms with E-state index in [1.165, 1.54) is 0 Å². The molecule has 1 aliphatic rings. The zero-order chi connectivity index (χ0) is 14.0. The lowest BCUT2D eigenvalue weighted by Gasteiger charge is -2.22. The topological polar surface area (TPSA) is 55.6 Å². The number of ether oxygens (including phenoxy) is 1. The van der Waals surface area contributed by atoms with Crippen LogP contribution in [0.1, 0.15) is 12.0 Å². The number of methoxy groups -OCH3 is 1. The van der Waals surface area contributed by atoms with Gasteiger partial charge in [0.05, 0.1) is 12.1 Å². The molecule has 104 valence electrons. The number of primary amides is 1. The molecule has 19 heavy (non-hydrogen) atoms. The van der Waals surface area contributed by atoms with Gasteiger partial charge in [0.15, 0.2) is 0 Å². The van der Waals surface area contributed by atoms with E-state index in [1.54, 1.807) is 19.2 Å². The van der Waals surface area contributed by atoms with Crippen molar-refractivity contribution in [1.82, 2.24) is 4.90 Å². The first kappa shape index (κ1) is 14.6. The summed E-state index contributed by atoms with van der Waals surface area (Å²) in [5.74, 6) is -0.329. The minimum Gasteiger partial charge on any atom is -0.380 e. The number of hydrogen-bond donors (Lipinski definition) is 1. The summed E-state index contributed by atoms with van der Waals surface area (Å²) >= 11 is 12.0. The van der Waals surface area contributed by atoms with Crippen LogP contribution < -0.4 is 5.73 Å². The van der Waals surface area contributed by atoms with Gasteiger partial charge in [0, 0.05) is 30.2 Å². The van der Waals surface area contributed by atoms with Crippen LogP contribution in [0.25, 0.3) is 0 Å². The molecule has 1 aromatic carbocycles. The van der Waals surface area contributed by atoms with Gasteiger partial charge in [-0.3, -0.25) is 9.69 Å². The number of benzene rings is 1. The average Bonchev–Trinajstić information content (AvgIpc) is 2.76. The Morgan fingerprint density at radius 2 is 2.26 bits per heavy atom. The zero-order valence-electron chi connectivity index (χ0n) is 10.6. The van der Waals surface area contributed by atoms with Gasteiger partial charge in [-0.25, -0.2) is 0 Å². The van der Waals surface area contributed by atoms with Crippen molar-refractivity contribution in [3.63, 3.8) is 0 Å². The van der Waals surface area contributed by atoms with E-state index >= 15 is 0 Å². The maximum Gasteiger partial charge on any atom is 0.234 e. The molecule has 0 aromatic heterocycles. The number of carbonyl (C=O) groups is 1. The van der Waals surface area contributed by atoms with Gasteiger partial charge in [0.25, 0.3) is 0 Å². The van der Waals surface area contributed by atoms with Gasteiger partial charge in [0.1, 0.15) is 0 Å². The van der Waals surface area contributed by atoms with Crippen LogP contribution in [0.2, 0.25) is 10.0 Å². The van der Waals surface area contributed by atoms with Gasteiger partial charge in [-0.15, -0.1) is 0 Å². The third-order valence-electron chi connectivity index (χ3n) is 3.42. The molecular formula is C13H16Cl2N2O2. The lowest BCUT2D eigenvalue weighted by Crippen LogP contribution is -2.39. The molecule has 4 nitrogen and oxygen atoms in total. The van der Waals surface area contributed by atoms with E-state index in [4.69, 9.17) is 33.7 Å². The summed E-state index contributed by atoms with van der Waals surface area (Å²) in [6.07, 6.45) is 0.653. The lowest BCUT2D eigenvalue weighted by molar-refractivity contribution is -0.122. The van der Waals surface area contributed by atoms with Crippen LogP contribution in [0.4, 0.5) is 0 Å². The predicted octanol–water partition coefficient (Wildman–Crippen LogP) is 2.07. The van der Waals surface area contributed by atoms with Gasteiger partial charge >= 0.3 is 0 Å². The number of amides is 1. The van der Waals surface area contributed by atoms with Crippen LogP contribution in [0, 0.1) is 0 Å². The number of nitrogens with two attached hydrogens (primary N) is 1. The fraction of sp³-hybridized carbons (Fsp3) is 0.462. The molecule has 1 amide bonds. The third-order valence-corrected chi connectivity index (χ3v) is 4.00. The minimum atomic E-state index is -0.329. The fourth-order valence-corrected chi connectivity index (χ4v) is 2.84. The summed E-state index contributed by atoms with van der Waals surface area (Å²) in [4.78, 5) is 13.5. The second-order valence-electron chi connectivity index (χ2n) is 4.68. The van der Waals surface area contributed by atoms with Crippen LogP contribution in [0.5, 0.6) is 0 Å². The Labute approximate surface area is 122 Å². The van der Waals surface area contributed by atoms with E-state index in [0.717, 1.165) is 5.56 Å². The first-order valence-corrected chi connectivity index (χ1v) is 6.77. The molecule has 6 heteroatoms. The van der Waals surface area contributed by atoms with Crippen molar-refractivity contribution in [2.24, 2.45) is 5.73 Å². The molecule has 2 atom stereocenters. The number of nitrogens with zero attached hydrogens (tertiary/aromatic N) is 1. The lowest BCUT2D eigenvalue weighted by atomic mass is 10.1. The predicted molar refractivity (Wildman–Crippen MR) is 75.3 cm³/mol. The highest BCUT2D eigenvalue weighted by Gasteiger charge is 2.35. The van der Waals surface area contributed by atoms with Crippen molar-refractivity contribution in [3.8, 4) is 0 Å². The standard InChI is InChI=1S/C13H16Cl2N2O2/c1-19-10-5-12(13(16)18)17(7-10)6-8-2-3-9(14)4-11(8)15/h2-4,10,12H,5-7H2,1H3,(H2,16,18)/t10-,12-/m0/s1. The van der Waals surface area contributed by atoms with E-state index in [1.807, 2.05) is 11.0 Å². The van der Waals surface area contributed by atoms with Gasteiger partial charge in [0.2, 0.25) is 5.91 Å². The van der Waals surface area contributed by atoms with Crippen LogP contribution in [-0.2, 0) is 16.1 Å². The zero-order valence-corrected chi connectivity index (χ0v) is 12.1. The molecule has 1 heterocycles. The summed E-state index contributed by atoms with van der Waals surface area (Å²) < 4.78 is 5.31. The highest BCUT2D eigenvalue weighted by Crippen LogP contribution is 2.26. The first-order chi connectivity index (χ1) is 9.01. The second-order valence-corrected chi connectivity index (χ2v) is 5.52. The van der Waals surface area contributed by atoms with E-state index in [9.17, 15) is 4.79 Å². The van der Waals surface area contributed by atoms with Crippen molar-refractivity contribution < 1.29 is 9.53 Å². The number of likely N-dealkylation sites (tertiary alicyclic amines) is 1. The molecule has 1 aromatic rings. The monoisotopic (exact) mass is 302 g/mol. The highest BCUT2D eigenvalue weighted by atomic mass is 35.5. The molecule has 1 aliphatic heterocycles. The number of hydrogen-bond acceptors (Lipinski definition) is 3. The molecule has 0 unspecified atom stereocenters. The van der Waals surface area contributed by atoms with Crippen molar-refractivity contribution in [2.75, 3.05) is 13.7 Å². The smallest absolute Gasteiger partial charge is 0.234 e. The number of halogens is 2. The van der Waals surface area contributed by atoms with Crippen molar-refractivity contribution in [1.29, 1.82) is 0 Å². The van der Waals surface area contributed by atoms with Crippen molar-refractivity contribution in [3.05, 3.63) is 33.8 Å². The third kappa shape index (κ3) is 3.39. The second kappa shape index (κ2) is 6.09. The molecule has 1 saturated heterocycles. The van der Waals surface area contributed by atoms with E-state index < -0.39 is 0 Å². The largest absolute Gasteiger partial charge is 0.380 e. The van der Waals surface area contributed by atoms with E-state index in [2.05, 4.69) is 0 Å². The SMILES string of the molecule is CO[C@H]1C[C@@H](C(N)=O)N(Cc2ccc(Cl)cc2Cl)C1. The van der Waals surface area contributed by atoms with Crippen molar-refractivity contribution >= 4 is 29.1 Å². The molecule has 0 aliphatic carbocycles. The molecule has 2 rings (SSSR count). The van der Waals surface area contributed by atoms with Gasteiger partial charge in [-0.2, -0.15) is 0 Å². The van der Waals surface area contributed by atoms with Gasteiger partial charge < -0.3 is 10.5 Å². The minimum absolute atomic E-state index is 0.0311. The highest BCUT2D eigenvalue weighted by molar-refractivity contribution is 6.35. The Morgan fingerprint density at radius 1 is 1.53 bits per heavy atom. The maximum atomic E-state index is 11.5. The molecule has 0 saturated carbocycles. The maximum absolute atomic E-state index is 11.5. The fourth-order valence-electron chi connectivity index (χ4n) is 2.37. The normalized spacial score (nSPS) is 23.7. The Bertz CT molecular complexity index is 482. The quantitative estimate of drug-likeness (QED) is 0.926. The van der Waals surface area contributed by atoms with Gasteiger partial charge in [-0.1, -0.05) is 29.3 Å². The van der Waals surface area contributed by atoms with Crippen LogP contribution in [-0.4, -0.2) is 36.6 Å². The summed E-state index contributed by atoms with van der Waals surface area (Å²) in [7, 11) is 1.64. The van der Waals surface area contributed by atoms with E-state index in [-0.39, 0.29) is 18.1 Å². The average molecular weight is 303 g/mol. The molecule has 0 radical (unpaired) electrons. The first-order valence-electron chi connectivity index (χ1n) is 6.01. The molecular weight excluding hydrogens is 287 g/mol. The summed E-state index contributed by atoms with van der Waals surface area (Å²) in [6, 6.07) is 5.03. The van der Waals surface area contributed by atoms with Crippen LogP contribution in [0.3, 0.4) is 0 Å². The number of carbonyl (C=O) groups excluding carboxylic acids is 1.